The van der Waals surface area contributed by atoms with Crippen molar-refractivity contribution in [1.29, 1.82) is 0 Å². The van der Waals surface area contributed by atoms with Gasteiger partial charge in [-0.05, 0) is 49.6 Å². The molecular weight excluding hydrogens is 338 g/mol. The number of aromatic nitrogens is 3. The number of hydrogen-bond acceptors (Lipinski definition) is 3. The Morgan fingerprint density at radius 1 is 0.962 bits per heavy atom. The largest absolute Gasteiger partial charge is 0.246 e. The SMILES string of the molecule is Cc1ccc(C)c(-c2cc3c(SCc4ccccc4C)nccn3n2)c1. The number of hydrogen-bond donors (Lipinski definition) is 0. The third-order valence-corrected chi connectivity index (χ3v) is 5.69. The lowest BCUT2D eigenvalue weighted by Gasteiger charge is -2.05. The fraction of sp³-hybridized carbons (Fsp3) is 0.182. The molecule has 2 aromatic heterocycles. The highest BCUT2D eigenvalue weighted by atomic mass is 32.2. The molecular formula is C22H21N3S. The number of benzene rings is 2. The molecule has 0 bridgehead atoms. The maximum atomic E-state index is 4.78. The maximum Gasteiger partial charge on any atom is 0.122 e. The molecule has 2 heterocycles. The molecule has 4 heteroatoms. The molecule has 3 nitrogen and oxygen atoms in total. The van der Waals surface area contributed by atoms with Gasteiger partial charge in [-0.2, -0.15) is 5.10 Å². The van der Waals surface area contributed by atoms with Gasteiger partial charge in [0.1, 0.15) is 5.03 Å². The Hall–Kier alpha value is -2.59. The van der Waals surface area contributed by atoms with Crippen molar-refractivity contribution < 1.29 is 0 Å². The highest BCUT2D eigenvalue weighted by molar-refractivity contribution is 7.98. The van der Waals surface area contributed by atoms with Gasteiger partial charge in [-0.15, -0.1) is 0 Å². The molecule has 4 rings (SSSR count). The van der Waals surface area contributed by atoms with Crippen molar-refractivity contribution in [2.75, 3.05) is 0 Å². The molecule has 0 unspecified atom stereocenters. The van der Waals surface area contributed by atoms with Crippen molar-refractivity contribution in [3.05, 3.63) is 83.2 Å². The van der Waals surface area contributed by atoms with Crippen LogP contribution in [0.5, 0.6) is 0 Å². The normalized spacial score (nSPS) is 11.2. The summed E-state index contributed by atoms with van der Waals surface area (Å²) in [4.78, 5) is 4.60. The zero-order valence-electron chi connectivity index (χ0n) is 15.2. The van der Waals surface area contributed by atoms with E-state index >= 15 is 0 Å². The Morgan fingerprint density at radius 2 is 1.81 bits per heavy atom. The topological polar surface area (TPSA) is 30.2 Å². The lowest BCUT2D eigenvalue weighted by atomic mass is 10.0. The minimum absolute atomic E-state index is 0.906. The number of thioether (sulfide) groups is 1. The fourth-order valence-corrected chi connectivity index (χ4v) is 4.12. The van der Waals surface area contributed by atoms with Crippen LogP contribution < -0.4 is 0 Å². The summed E-state index contributed by atoms with van der Waals surface area (Å²) in [5, 5.41) is 5.80. The first-order chi connectivity index (χ1) is 12.6. The van der Waals surface area contributed by atoms with E-state index in [2.05, 4.69) is 74.3 Å². The van der Waals surface area contributed by atoms with E-state index in [0.29, 0.717) is 0 Å². The number of fused-ring (bicyclic) bond motifs is 1. The second kappa shape index (κ2) is 6.96. The van der Waals surface area contributed by atoms with Gasteiger partial charge in [0.15, 0.2) is 0 Å². The summed E-state index contributed by atoms with van der Waals surface area (Å²) in [5.41, 5.74) is 8.38. The van der Waals surface area contributed by atoms with Crippen molar-refractivity contribution >= 4 is 17.3 Å². The predicted octanol–water partition coefficient (Wildman–Crippen LogP) is 5.61. The Kier molecular flexibility index (Phi) is 4.51. The van der Waals surface area contributed by atoms with Crippen LogP contribution in [0, 0.1) is 20.8 Å². The molecule has 0 N–H and O–H groups in total. The van der Waals surface area contributed by atoms with Gasteiger partial charge in [-0.1, -0.05) is 53.7 Å². The lowest BCUT2D eigenvalue weighted by molar-refractivity contribution is 0.920. The molecule has 0 radical (unpaired) electrons. The number of nitrogens with zero attached hydrogens (tertiary/aromatic N) is 3. The van der Waals surface area contributed by atoms with Gasteiger partial charge in [0, 0.05) is 23.7 Å². The first-order valence-electron chi connectivity index (χ1n) is 8.71. The standard InChI is InChI=1S/C22H21N3S/c1-15-8-9-17(3)19(12-15)20-13-21-22(23-10-11-25(21)24-20)26-14-18-7-5-4-6-16(18)2/h4-13H,14H2,1-3H3. The molecule has 0 saturated heterocycles. The monoisotopic (exact) mass is 359 g/mol. The minimum Gasteiger partial charge on any atom is -0.246 e. The Morgan fingerprint density at radius 3 is 2.65 bits per heavy atom. The van der Waals surface area contributed by atoms with E-state index in [1.807, 2.05) is 16.9 Å². The average molecular weight is 359 g/mol. The molecule has 26 heavy (non-hydrogen) atoms. The van der Waals surface area contributed by atoms with E-state index in [1.54, 1.807) is 11.8 Å². The van der Waals surface area contributed by atoms with Crippen LogP contribution in [0.15, 0.2) is 66.0 Å². The Balaban J connectivity index is 1.70. The molecule has 0 atom stereocenters. The molecule has 0 aliphatic heterocycles. The van der Waals surface area contributed by atoms with Gasteiger partial charge in [0.25, 0.3) is 0 Å². The molecule has 0 aliphatic carbocycles. The highest BCUT2D eigenvalue weighted by Crippen LogP contribution is 2.30. The summed E-state index contributed by atoms with van der Waals surface area (Å²) in [6.07, 6.45) is 3.74. The summed E-state index contributed by atoms with van der Waals surface area (Å²) in [6.45, 7) is 6.40. The summed E-state index contributed by atoms with van der Waals surface area (Å²) in [7, 11) is 0. The minimum atomic E-state index is 0.906. The first kappa shape index (κ1) is 16.9. The van der Waals surface area contributed by atoms with Crippen LogP contribution in [0.1, 0.15) is 22.3 Å². The zero-order chi connectivity index (χ0) is 18.1. The average Bonchev–Trinajstić information content (AvgIpc) is 3.07. The van der Waals surface area contributed by atoms with Crippen LogP contribution in [0.25, 0.3) is 16.8 Å². The van der Waals surface area contributed by atoms with E-state index in [0.717, 1.165) is 22.0 Å². The van der Waals surface area contributed by atoms with Crippen LogP contribution >= 0.6 is 11.8 Å². The first-order valence-corrected chi connectivity index (χ1v) is 9.70. The van der Waals surface area contributed by atoms with Crippen molar-refractivity contribution in [1.82, 2.24) is 14.6 Å². The van der Waals surface area contributed by atoms with E-state index < -0.39 is 0 Å². The fourth-order valence-electron chi connectivity index (χ4n) is 3.07. The summed E-state index contributed by atoms with van der Waals surface area (Å²) < 4.78 is 1.93. The molecule has 4 aromatic rings. The molecule has 0 aliphatic rings. The van der Waals surface area contributed by atoms with Crippen molar-refractivity contribution in [2.24, 2.45) is 0 Å². The Labute approximate surface area is 158 Å². The molecule has 2 aromatic carbocycles. The second-order valence-electron chi connectivity index (χ2n) is 6.63. The van der Waals surface area contributed by atoms with Gasteiger partial charge in [0.2, 0.25) is 0 Å². The number of aryl methyl sites for hydroxylation is 3. The zero-order valence-corrected chi connectivity index (χ0v) is 16.0. The molecule has 0 amide bonds. The quantitative estimate of drug-likeness (QED) is 0.443. The van der Waals surface area contributed by atoms with Crippen molar-refractivity contribution in [3.63, 3.8) is 0 Å². The van der Waals surface area contributed by atoms with E-state index in [4.69, 9.17) is 5.10 Å². The van der Waals surface area contributed by atoms with Gasteiger partial charge in [0.05, 0.1) is 11.2 Å². The smallest absolute Gasteiger partial charge is 0.122 e. The van der Waals surface area contributed by atoms with E-state index in [9.17, 15) is 0 Å². The van der Waals surface area contributed by atoms with Gasteiger partial charge < -0.3 is 0 Å². The van der Waals surface area contributed by atoms with E-state index in [1.165, 1.54) is 27.8 Å². The summed E-state index contributed by atoms with van der Waals surface area (Å²) >= 11 is 1.76. The van der Waals surface area contributed by atoms with Crippen molar-refractivity contribution in [3.8, 4) is 11.3 Å². The number of rotatable bonds is 4. The van der Waals surface area contributed by atoms with Gasteiger partial charge in [-0.3, -0.25) is 0 Å². The Bertz CT molecular complexity index is 1080. The van der Waals surface area contributed by atoms with Crippen molar-refractivity contribution in [2.45, 2.75) is 31.6 Å². The van der Waals surface area contributed by atoms with Crippen LogP contribution in [-0.2, 0) is 5.75 Å². The van der Waals surface area contributed by atoms with Crippen LogP contribution in [0.4, 0.5) is 0 Å². The van der Waals surface area contributed by atoms with Crippen LogP contribution in [0.3, 0.4) is 0 Å². The molecule has 130 valence electrons. The molecule has 0 saturated carbocycles. The van der Waals surface area contributed by atoms with Crippen LogP contribution in [-0.4, -0.2) is 14.6 Å². The summed E-state index contributed by atoms with van der Waals surface area (Å²) in [6, 6.07) is 17.1. The third-order valence-electron chi connectivity index (χ3n) is 4.65. The predicted molar refractivity (Wildman–Crippen MR) is 109 cm³/mol. The van der Waals surface area contributed by atoms with E-state index in [-0.39, 0.29) is 0 Å². The van der Waals surface area contributed by atoms with Gasteiger partial charge in [-0.25, -0.2) is 9.50 Å². The second-order valence-corrected chi connectivity index (χ2v) is 7.59. The van der Waals surface area contributed by atoms with Gasteiger partial charge >= 0.3 is 0 Å². The summed E-state index contributed by atoms with van der Waals surface area (Å²) in [5.74, 6) is 0.906. The maximum absolute atomic E-state index is 4.78. The third kappa shape index (κ3) is 3.25. The highest BCUT2D eigenvalue weighted by Gasteiger charge is 2.12. The molecule has 0 spiro atoms. The lowest BCUT2D eigenvalue weighted by Crippen LogP contribution is -1.92. The van der Waals surface area contributed by atoms with Crippen LogP contribution in [0.2, 0.25) is 0 Å². The molecule has 0 fully saturated rings.